The lowest BCUT2D eigenvalue weighted by atomic mass is 9.74. The van der Waals surface area contributed by atoms with Crippen molar-refractivity contribution in [3.05, 3.63) is 59.9 Å². The Morgan fingerprint density at radius 2 is 1.95 bits per heavy atom. The normalized spacial score (nSPS) is 18.5. The first-order valence-corrected chi connectivity index (χ1v) is 7.98. The Bertz CT molecular complexity index is 607. The van der Waals surface area contributed by atoms with E-state index < -0.39 is 5.60 Å². The molecule has 2 atom stereocenters. The molecule has 1 aromatic heterocycles. The Labute approximate surface area is 132 Å². The summed E-state index contributed by atoms with van der Waals surface area (Å²) in [5, 5.41) is 11.6. The van der Waals surface area contributed by atoms with Gasteiger partial charge < -0.3 is 9.84 Å². The van der Waals surface area contributed by atoms with Crippen molar-refractivity contribution >= 4 is 0 Å². The largest absolute Gasteiger partial charge is 0.497 e. The summed E-state index contributed by atoms with van der Waals surface area (Å²) in [5.74, 6) is 1.13. The molecule has 0 saturated heterocycles. The smallest absolute Gasteiger partial charge is 0.118 e. The summed E-state index contributed by atoms with van der Waals surface area (Å²) in [4.78, 5) is 4.50. The molecule has 0 radical (unpaired) electrons. The number of aliphatic hydroxyl groups is 1. The fraction of sp³-hybridized carbons (Fsp3) is 0.421. The van der Waals surface area contributed by atoms with Crippen molar-refractivity contribution in [2.45, 2.75) is 37.7 Å². The van der Waals surface area contributed by atoms with Gasteiger partial charge in [0.2, 0.25) is 0 Å². The second-order valence-corrected chi connectivity index (χ2v) is 6.04. The van der Waals surface area contributed by atoms with Gasteiger partial charge in [-0.15, -0.1) is 0 Å². The van der Waals surface area contributed by atoms with Crippen LogP contribution >= 0.6 is 0 Å². The van der Waals surface area contributed by atoms with Gasteiger partial charge in [0.1, 0.15) is 11.4 Å². The standard InChI is InChI=1S/C19H23NO2/c1-3-17(18-6-4-5-13-20-18)19(21,14-7-8-14)15-9-11-16(22-2)12-10-15/h4-6,9-14,17,21H,3,7-8H2,1-2H3/t17-,19-/m0/s1. The molecule has 0 unspecified atom stereocenters. The number of ether oxygens (including phenoxy) is 1. The Kier molecular flexibility index (Phi) is 4.16. The lowest BCUT2D eigenvalue weighted by molar-refractivity contribution is -0.0183. The van der Waals surface area contributed by atoms with Crippen LogP contribution in [0.3, 0.4) is 0 Å². The molecule has 3 nitrogen and oxygen atoms in total. The molecule has 2 aromatic rings. The van der Waals surface area contributed by atoms with Crippen molar-refractivity contribution in [3.8, 4) is 5.75 Å². The Hall–Kier alpha value is -1.87. The minimum absolute atomic E-state index is 0.00888. The van der Waals surface area contributed by atoms with Crippen LogP contribution in [0, 0.1) is 5.92 Å². The molecule has 1 aliphatic carbocycles. The predicted octanol–water partition coefficient (Wildman–Crippen LogP) is 3.88. The van der Waals surface area contributed by atoms with Gasteiger partial charge in [-0.3, -0.25) is 4.98 Å². The number of methoxy groups -OCH3 is 1. The molecular weight excluding hydrogens is 274 g/mol. The summed E-state index contributed by atoms with van der Waals surface area (Å²) in [6.45, 7) is 2.12. The first-order chi connectivity index (χ1) is 10.7. The molecule has 1 aliphatic rings. The van der Waals surface area contributed by atoms with Gasteiger partial charge in [-0.05, 0) is 55.0 Å². The lowest BCUT2D eigenvalue weighted by Gasteiger charge is -2.36. The molecular formula is C19H23NO2. The Morgan fingerprint density at radius 3 is 2.45 bits per heavy atom. The number of nitrogens with zero attached hydrogens (tertiary/aromatic N) is 1. The van der Waals surface area contributed by atoms with Crippen molar-refractivity contribution in [2.24, 2.45) is 5.92 Å². The summed E-state index contributed by atoms with van der Waals surface area (Å²) in [7, 11) is 1.66. The molecule has 0 aliphatic heterocycles. The average molecular weight is 297 g/mol. The summed E-state index contributed by atoms with van der Waals surface area (Å²) >= 11 is 0. The molecule has 0 amide bonds. The molecule has 1 aromatic carbocycles. The van der Waals surface area contributed by atoms with E-state index >= 15 is 0 Å². The monoisotopic (exact) mass is 297 g/mol. The number of benzene rings is 1. The highest BCUT2D eigenvalue weighted by atomic mass is 16.5. The van der Waals surface area contributed by atoms with Gasteiger partial charge in [0.25, 0.3) is 0 Å². The van der Waals surface area contributed by atoms with Crippen LogP contribution in [0.5, 0.6) is 5.75 Å². The third kappa shape index (κ3) is 2.61. The van der Waals surface area contributed by atoms with Gasteiger partial charge >= 0.3 is 0 Å². The van der Waals surface area contributed by atoms with Gasteiger partial charge in [0.05, 0.1) is 7.11 Å². The van der Waals surface area contributed by atoms with Gasteiger partial charge in [-0.1, -0.05) is 25.1 Å². The second-order valence-electron chi connectivity index (χ2n) is 6.04. The van der Waals surface area contributed by atoms with Crippen LogP contribution in [-0.2, 0) is 5.60 Å². The molecule has 0 spiro atoms. The van der Waals surface area contributed by atoms with Crippen LogP contribution in [0.25, 0.3) is 0 Å². The van der Waals surface area contributed by atoms with Crippen molar-refractivity contribution in [1.29, 1.82) is 0 Å². The van der Waals surface area contributed by atoms with E-state index in [0.717, 1.165) is 36.3 Å². The van der Waals surface area contributed by atoms with Crippen LogP contribution in [0.2, 0.25) is 0 Å². The maximum atomic E-state index is 11.6. The van der Waals surface area contributed by atoms with Gasteiger partial charge in [-0.2, -0.15) is 0 Å². The molecule has 3 rings (SSSR count). The van der Waals surface area contributed by atoms with Crippen LogP contribution in [0.15, 0.2) is 48.7 Å². The van der Waals surface area contributed by atoms with E-state index in [1.165, 1.54) is 0 Å². The maximum Gasteiger partial charge on any atom is 0.118 e. The molecule has 1 saturated carbocycles. The minimum Gasteiger partial charge on any atom is -0.497 e. The summed E-state index contributed by atoms with van der Waals surface area (Å²) in [6, 6.07) is 13.8. The third-order valence-electron chi connectivity index (χ3n) is 4.74. The topological polar surface area (TPSA) is 42.4 Å². The van der Waals surface area contributed by atoms with Gasteiger partial charge in [0.15, 0.2) is 0 Å². The van der Waals surface area contributed by atoms with E-state index in [1.54, 1.807) is 13.3 Å². The first kappa shape index (κ1) is 15.0. The zero-order valence-corrected chi connectivity index (χ0v) is 13.2. The van der Waals surface area contributed by atoms with Crippen molar-refractivity contribution < 1.29 is 9.84 Å². The Morgan fingerprint density at radius 1 is 1.23 bits per heavy atom. The van der Waals surface area contributed by atoms with Crippen LogP contribution < -0.4 is 4.74 Å². The minimum atomic E-state index is -0.852. The fourth-order valence-electron chi connectivity index (χ4n) is 3.43. The molecule has 1 fully saturated rings. The highest BCUT2D eigenvalue weighted by Crippen LogP contribution is 2.53. The maximum absolute atomic E-state index is 11.6. The molecule has 1 heterocycles. The molecule has 0 bridgehead atoms. The molecule has 116 valence electrons. The van der Waals surface area contributed by atoms with E-state index in [-0.39, 0.29) is 5.92 Å². The van der Waals surface area contributed by atoms with E-state index in [4.69, 9.17) is 4.74 Å². The number of pyridine rings is 1. The number of rotatable bonds is 6. The zero-order valence-electron chi connectivity index (χ0n) is 13.2. The number of hydrogen-bond acceptors (Lipinski definition) is 3. The summed E-state index contributed by atoms with van der Waals surface area (Å²) in [5.41, 5.74) is 1.08. The van der Waals surface area contributed by atoms with E-state index in [9.17, 15) is 5.11 Å². The Balaban J connectivity index is 2.02. The second kappa shape index (κ2) is 6.09. The summed E-state index contributed by atoms with van der Waals surface area (Å²) in [6.07, 6.45) is 4.81. The third-order valence-corrected chi connectivity index (χ3v) is 4.74. The SMILES string of the molecule is CC[C@@H](c1ccccn1)[C@@](O)(c1ccc(OC)cc1)C1CC1. The highest BCUT2D eigenvalue weighted by Gasteiger charge is 2.50. The van der Waals surface area contributed by atoms with Crippen molar-refractivity contribution in [2.75, 3.05) is 7.11 Å². The van der Waals surface area contributed by atoms with Crippen LogP contribution in [0.4, 0.5) is 0 Å². The predicted molar refractivity (Wildman–Crippen MR) is 86.9 cm³/mol. The van der Waals surface area contributed by atoms with Crippen LogP contribution in [-0.4, -0.2) is 17.2 Å². The van der Waals surface area contributed by atoms with E-state index in [0.29, 0.717) is 5.92 Å². The molecule has 1 N–H and O–H groups in total. The lowest BCUT2D eigenvalue weighted by Crippen LogP contribution is -2.36. The van der Waals surface area contributed by atoms with Gasteiger partial charge in [0, 0.05) is 17.8 Å². The van der Waals surface area contributed by atoms with Crippen molar-refractivity contribution in [1.82, 2.24) is 4.98 Å². The average Bonchev–Trinajstić information content (AvgIpc) is 3.42. The fourth-order valence-corrected chi connectivity index (χ4v) is 3.43. The van der Waals surface area contributed by atoms with Crippen LogP contribution in [0.1, 0.15) is 43.4 Å². The quantitative estimate of drug-likeness (QED) is 0.879. The molecule has 22 heavy (non-hydrogen) atoms. The molecule has 3 heteroatoms. The zero-order chi connectivity index (χ0) is 15.6. The first-order valence-electron chi connectivity index (χ1n) is 7.98. The summed E-state index contributed by atoms with van der Waals surface area (Å²) < 4.78 is 5.24. The van der Waals surface area contributed by atoms with Gasteiger partial charge in [-0.25, -0.2) is 0 Å². The number of aromatic nitrogens is 1. The number of hydrogen-bond donors (Lipinski definition) is 1. The van der Waals surface area contributed by atoms with E-state index in [2.05, 4.69) is 11.9 Å². The van der Waals surface area contributed by atoms with Crippen molar-refractivity contribution in [3.63, 3.8) is 0 Å². The highest BCUT2D eigenvalue weighted by molar-refractivity contribution is 5.35. The van der Waals surface area contributed by atoms with E-state index in [1.807, 2.05) is 42.5 Å².